The maximum Gasteiger partial charge on any atom is 0.337 e. The van der Waals surface area contributed by atoms with E-state index in [1.807, 2.05) is 13.0 Å². The predicted molar refractivity (Wildman–Crippen MR) is 71.2 cm³/mol. The van der Waals surface area contributed by atoms with E-state index in [0.29, 0.717) is 17.3 Å². The molecule has 1 heterocycles. The molecule has 100 valence electrons. The second-order valence-electron chi connectivity index (χ2n) is 4.14. The van der Waals surface area contributed by atoms with E-state index in [9.17, 15) is 9.90 Å². The Kier molecular flexibility index (Phi) is 3.41. The molecule has 1 aromatic carbocycles. The molecule has 0 aliphatic heterocycles. The molecule has 0 aliphatic rings. The summed E-state index contributed by atoms with van der Waals surface area (Å²) < 4.78 is 6.76. The van der Waals surface area contributed by atoms with Crippen molar-refractivity contribution in [2.45, 2.75) is 6.92 Å². The van der Waals surface area contributed by atoms with Gasteiger partial charge in [0.15, 0.2) is 0 Å². The molecule has 0 atom stereocenters. The summed E-state index contributed by atoms with van der Waals surface area (Å²) in [6.07, 6.45) is 0. The molecular weight excluding hydrogens is 246 g/mol. The van der Waals surface area contributed by atoms with Crippen LogP contribution in [0.4, 0.5) is 11.5 Å². The molecular formula is C13H15N3O3. The van der Waals surface area contributed by atoms with Gasteiger partial charge in [-0.1, -0.05) is 0 Å². The largest absolute Gasteiger partial charge is 0.497 e. The molecule has 0 fully saturated rings. The van der Waals surface area contributed by atoms with Gasteiger partial charge in [-0.25, -0.2) is 4.79 Å². The van der Waals surface area contributed by atoms with E-state index in [1.165, 1.54) is 13.2 Å². The molecule has 1 aromatic heterocycles. The van der Waals surface area contributed by atoms with Gasteiger partial charge in [0.25, 0.3) is 0 Å². The van der Waals surface area contributed by atoms with Crippen LogP contribution >= 0.6 is 0 Å². The molecule has 0 aliphatic carbocycles. The lowest BCUT2D eigenvalue weighted by molar-refractivity contribution is 0.0698. The van der Waals surface area contributed by atoms with E-state index in [1.54, 1.807) is 23.9 Å². The van der Waals surface area contributed by atoms with E-state index < -0.39 is 5.97 Å². The van der Waals surface area contributed by atoms with E-state index >= 15 is 0 Å². The highest BCUT2D eigenvalue weighted by atomic mass is 16.5. The summed E-state index contributed by atoms with van der Waals surface area (Å²) in [4.78, 5) is 11.2. The first-order valence-electron chi connectivity index (χ1n) is 5.70. The highest BCUT2D eigenvalue weighted by molar-refractivity contribution is 5.95. The van der Waals surface area contributed by atoms with Crippen molar-refractivity contribution in [3.8, 4) is 5.75 Å². The summed E-state index contributed by atoms with van der Waals surface area (Å²) in [7, 11) is 3.32. The number of carboxylic acids is 1. The molecule has 2 aromatic rings. The van der Waals surface area contributed by atoms with Gasteiger partial charge in [0.05, 0.1) is 24.1 Å². The third-order valence-corrected chi connectivity index (χ3v) is 2.72. The zero-order chi connectivity index (χ0) is 14.0. The molecule has 19 heavy (non-hydrogen) atoms. The number of aromatic carboxylic acids is 1. The van der Waals surface area contributed by atoms with Gasteiger partial charge < -0.3 is 15.2 Å². The number of aromatic nitrogens is 2. The molecule has 0 amide bonds. The molecule has 0 spiro atoms. The van der Waals surface area contributed by atoms with Crippen LogP contribution in [0.5, 0.6) is 5.75 Å². The smallest absolute Gasteiger partial charge is 0.337 e. The molecule has 0 saturated carbocycles. The van der Waals surface area contributed by atoms with Crippen LogP contribution in [0.2, 0.25) is 0 Å². The summed E-state index contributed by atoms with van der Waals surface area (Å²) >= 11 is 0. The lowest BCUT2D eigenvalue weighted by atomic mass is 10.1. The molecule has 2 N–H and O–H groups in total. The first kappa shape index (κ1) is 12.9. The number of nitrogens with zero attached hydrogens (tertiary/aromatic N) is 2. The van der Waals surface area contributed by atoms with Crippen LogP contribution in [0.25, 0.3) is 0 Å². The van der Waals surface area contributed by atoms with Gasteiger partial charge in [-0.3, -0.25) is 4.68 Å². The second kappa shape index (κ2) is 5.01. The fraction of sp³-hybridized carbons (Fsp3) is 0.231. The SMILES string of the molecule is COc1ccc(C(=O)O)c(Nc2cc(C)nn2C)c1. The molecule has 0 unspecified atom stereocenters. The lowest BCUT2D eigenvalue weighted by Gasteiger charge is -2.11. The van der Waals surface area contributed by atoms with Crippen molar-refractivity contribution < 1.29 is 14.6 Å². The Bertz CT molecular complexity index is 620. The van der Waals surface area contributed by atoms with Gasteiger partial charge >= 0.3 is 5.97 Å². The van der Waals surface area contributed by atoms with Crippen molar-refractivity contribution in [1.82, 2.24) is 9.78 Å². The quantitative estimate of drug-likeness (QED) is 0.882. The number of hydrogen-bond acceptors (Lipinski definition) is 4. The molecule has 2 rings (SSSR count). The van der Waals surface area contributed by atoms with Gasteiger partial charge in [0.1, 0.15) is 11.6 Å². The third kappa shape index (κ3) is 2.67. The number of nitrogens with one attached hydrogen (secondary N) is 1. The van der Waals surface area contributed by atoms with Crippen LogP contribution in [-0.4, -0.2) is 28.0 Å². The van der Waals surface area contributed by atoms with Crippen LogP contribution < -0.4 is 10.1 Å². The minimum absolute atomic E-state index is 0.180. The maximum atomic E-state index is 11.2. The van der Waals surface area contributed by atoms with Gasteiger partial charge in [-0.15, -0.1) is 0 Å². The minimum atomic E-state index is -0.996. The zero-order valence-electron chi connectivity index (χ0n) is 11.0. The van der Waals surface area contributed by atoms with Crippen molar-refractivity contribution >= 4 is 17.5 Å². The van der Waals surface area contributed by atoms with Crippen molar-refractivity contribution in [1.29, 1.82) is 0 Å². The predicted octanol–water partition coefficient (Wildman–Crippen LogP) is 2.18. The minimum Gasteiger partial charge on any atom is -0.497 e. The number of carboxylic acid groups (broad SMARTS) is 1. The Morgan fingerprint density at radius 1 is 1.42 bits per heavy atom. The van der Waals surface area contributed by atoms with Gasteiger partial charge in [-0.2, -0.15) is 5.10 Å². The zero-order valence-corrected chi connectivity index (χ0v) is 11.0. The number of methoxy groups -OCH3 is 1. The fourth-order valence-corrected chi connectivity index (χ4v) is 1.81. The van der Waals surface area contributed by atoms with Crippen molar-refractivity contribution in [2.75, 3.05) is 12.4 Å². The molecule has 0 saturated heterocycles. The molecule has 0 bridgehead atoms. The number of anilines is 2. The van der Waals surface area contributed by atoms with E-state index in [2.05, 4.69) is 10.4 Å². The topological polar surface area (TPSA) is 76.4 Å². The Labute approximate surface area is 110 Å². The van der Waals surface area contributed by atoms with Gasteiger partial charge in [-0.05, 0) is 19.1 Å². The summed E-state index contributed by atoms with van der Waals surface area (Å²) in [5.74, 6) is 0.309. The van der Waals surface area contributed by atoms with Crippen molar-refractivity contribution in [3.63, 3.8) is 0 Å². The Balaban J connectivity index is 2.42. The van der Waals surface area contributed by atoms with Crippen molar-refractivity contribution in [3.05, 3.63) is 35.5 Å². The Morgan fingerprint density at radius 2 is 2.16 bits per heavy atom. The normalized spacial score (nSPS) is 10.3. The summed E-state index contributed by atoms with van der Waals surface area (Å²) in [5, 5.41) is 16.4. The standard InChI is InChI=1S/C13H15N3O3/c1-8-6-12(16(2)15-8)14-11-7-9(19-3)4-5-10(11)13(17)18/h4-7,14H,1-3H3,(H,17,18). The third-order valence-electron chi connectivity index (χ3n) is 2.72. The second-order valence-corrected chi connectivity index (χ2v) is 4.14. The van der Waals surface area contributed by atoms with Crippen LogP contribution in [0.15, 0.2) is 24.3 Å². The average Bonchev–Trinajstić information content (AvgIpc) is 2.67. The van der Waals surface area contributed by atoms with E-state index in [0.717, 1.165) is 5.69 Å². The number of benzene rings is 1. The van der Waals surface area contributed by atoms with Crippen molar-refractivity contribution in [2.24, 2.45) is 7.05 Å². The highest BCUT2D eigenvalue weighted by Gasteiger charge is 2.13. The van der Waals surface area contributed by atoms with E-state index in [-0.39, 0.29) is 5.56 Å². The van der Waals surface area contributed by atoms with Gasteiger partial charge in [0, 0.05) is 19.2 Å². The number of aryl methyl sites for hydroxylation is 2. The number of carbonyl (C=O) groups is 1. The van der Waals surface area contributed by atoms with Crippen LogP contribution in [0, 0.1) is 6.92 Å². The number of hydrogen-bond donors (Lipinski definition) is 2. The Morgan fingerprint density at radius 3 is 2.68 bits per heavy atom. The molecule has 6 heteroatoms. The van der Waals surface area contributed by atoms with Gasteiger partial charge in [0.2, 0.25) is 0 Å². The monoisotopic (exact) mass is 261 g/mol. The molecule has 0 radical (unpaired) electrons. The van der Waals surface area contributed by atoms with Crippen LogP contribution in [-0.2, 0) is 7.05 Å². The summed E-state index contributed by atoms with van der Waals surface area (Å²) in [6, 6.07) is 6.60. The first-order valence-corrected chi connectivity index (χ1v) is 5.70. The molecule has 6 nitrogen and oxygen atoms in total. The number of ether oxygens (including phenoxy) is 1. The summed E-state index contributed by atoms with van der Waals surface area (Å²) in [5.41, 5.74) is 1.50. The number of rotatable bonds is 4. The fourth-order valence-electron chi connectivity index (χ4n) is 1.81. The Hall–Kier alpha value is -2.50. The lowest BCUT2D eigenvalue weighted by Crippen LogP contribution is -2.05. The van der Waals surface area contributed by atoms with Crippen LogP contribution in [0.3, 0.4) is 0 Å². The maximum absolute atomic E-state index is 11.2. The van der Waals surface area contributed by atoms with E-state index in [4.69, 9.17) is 4.74 Å². The average molecular weight is 261 g/mol. The first-order chi connectivity index (χ1) is 9.01. The highest BCUT2D eigenvalue weighted by Crippen LogP contribution is 2.26. The summed E-state index contributed by atoms with van der Waals surface area (Å²) in [6.45, 7) is 1.87. The van der Waals surface area contributed by atoms with Crippen LogP contribution in [0.1, 0.15) is 16.1 Å².